The van der Waals surface area contributed by atoms with Crippen molar-refractivity contribution in [2.24, 2.45) is 5.92 Å². The summed E-state index contributed by atoms with van der Waals surface area (Å²) < 4.78 is 31.8. The van der Waals surface area contributed by atoms with Crippen LogP contribution in [0.25, 0.3) is 0 Å². The molecule has 0 fully saturated rings. The highest BCUT2D eigenvalue weighted by Crippen LogP contribution is 2.16. The van der Waals surface area contributed by atoms with Crippen LogP contribution in [0.2, 0.25) is 0 Å². The number of ether oxygens (including phenoxy) is 1. The van der Waals surface area contributed by atoms with Gasteiger partial charge in [-0.15, -0.1) is 0 Å². The Morgan fingerprint density at radius 2 is 1.70 bits per heavy atom. The van der Waals surface area contributed by atoms with Gasteiger partial charge in [0.05, 0.1) is 5.69 Å². The molecule has 0 aliphatic rings. The molecule has 0 radical (unpaired) electrons. The molecule has 160 valence electrons. The predicted octanol–water partition coefficient (Wildman–Crippen LogP) is 3.60. The van der Waals surface area contributed by atoms with Gasteiger partial charge >= 0.3 is 5.97 Å². The topological polar surface area (TPSA) is 84.5 Å². The second-order valence-corrected chi connectivity index (χ2v) is 7.26. The lowest BCUT2D eigenvalue weighted by atomic mass is 10.0. The monoisotopic (exact) mass is 418 g/mol. The van der Waals surface area contributed by atoms with E-state index in [1.807, 2.05) is 13.0 Å². The van der Waals surface area contributed by atoms with Crippen LogP contribution in [0.3, 0.4) is 0 Å². The average Bonchev–Trinajstić information content (AvgIpc) is 2.67. The smallest absolute Gasteiger partial charge is 0.329 e. The van der Waals surface area contributed by atoms with Crippen molar-refractivity contribution in [1.29, 1.82) is 0 Å². The average molecular weight is 418 g/mol. The second kappa shape index (κ2) is 9.96. The van der Waals surface area contributed by atoms with Gasteiger partial charge in [0.1, 0.15) is 17.7 Å². The number of carbonyl (C=O) groups is 3. The van der Waals surface area contributed by atoms with E-state index in [2.05, 4.69) is 10.6 Å². The quantitative estimate of drug-likeness (QED) is 0.673. The van der Waals surface area contributed by atoms with E-state index in [9.17, 15) is 23.2 Å². The summed E-state index contributed by atoms with van der Waals surface area (Å²) in [5.74, 6) is -4.08. The highest BCUT2D eigenvalue weighted by molar-refractivity contribution is 5.98. The number of nitrogens with one attached hydrogen (secondary N) is 2. The van der Waals surface area contributed by atoms with Crippen LogP contribution in [0.5, 0.6) is 0 Å². The first-order valence-corrected chi connectivity index (χ1v) is 9.42. The summed E-state index contributed by atoms with van der Waals surface area (Å²) in [5.41, 5.74) is 1.05. The van der Waals surface area contributed by atoms with Crippen LogP contribution >= 0.6 is 0 Å². The molecular formula is C22H24F2N2O4. The molecule has 0 aliphatic carbocycles. The Balaban J connectivity index is 2.02. The second-order valence-electron chi connectivity index (χ2n) is 7.26. The molecule has 2 aromatic carbocycles. The molecule has 0 aliphatic heterocycles. The fourth-order valence-electron chi connectivity index (χ4n) is 2.63. The van der Waals surface area contributed by atoms with E-state index in [0.29, 0.717) is 11.6 Å². The van der Waals surface area contributed by atoms with Crippen molar-refractivity contribution in [3.63, 3.8) is 0 Å². The Bertz CT molecular complexity index is 946. The number of esters is 1. The molecule has 0 saturated heterocycles. The van der Waals surface area contributed by atoms with Crippen LogP contribution in [0.15, 0.2) is 42.5 Å². The van der Waals surface area contributed by atoms with E-state index >= 15 is 0 Å². The minimum atomic E-state index is -1.26. The van der Waals surface area contributed by atoms with Crippen molar-refractivity contribution in [3.05, 3.63) is 65.2 Å². The molecule has 2 N–H and O–H groups in total. The summed E-state index contributed by atoms with van der Waals surface area (Å²) in [4.78, 5) is 37.3. The Morgan fingerprint density at radius 3 is 2.30 bits per heavy atom. The zero-order chi connectivity index (χ0) is 22.4. The van der Waals surface area contributed by atoms with Gasteiger partial charge in [0.25, 0.3) is 11.8 Å². The fourth-order valence-corrected chi connectivity index (χ4v) is 2.63. The molecule has 2 rings (SSSR count). The molecule has 30 heavy (non-hydrogen) atoms. The number of halogens is 2. The van der Waals surface area contributed by atoms with Gasteiger partial charge in [-0.1, -0.05) is 31.5 Å². The van der Waals surface area contributed by atoms with Gasteiger partial charge in [0.2, 0.25) is 0 Å². The number of benzene rings is 2. The molecule has 6 nitrogen and oxygen atoms in total. The molecule has 1 unspecified atom stereocenters. The van der Waals surface area contributed by atoms with Crippen molar-refractivity contribution in [1.82, 2.24) is 5.32 Å². The Labute approximate surface area is 173 Å². The summed E-state index contributed by atoms with van der Waals surface area (Å²) in [6.45, 7) is 6.60. The van der Waals surface area contributed by atoms with Crippen molar-refractivity contribution < 1.29 is 27.9 Å². The molecule has 2 amide bonds. The van der Waals surface area contributed by atoms with Crippen LogP contribution in [0, 0.1) is 24.5 Å². The molecule has 0 bridgehead atoms. The third-order valence-electron chi connectivity index (χ3n) is 4.34. The van der Waals surface area contributed by atoms with Crippen molar-refractivity contribution in [3.8, 4) is 0 Å². The number of rotatable bonds is 7. The lowest BCUT2D eigenvalue weighted by molar-refractivity contribution is -0.156. The zero-order valence-corrected chi connectivity index (χ0v) is 17.2. The van der Waals surface area contributed by atoms with Gasteiger partial charge in [-0.05, 0) is 44.0 Å². The molecule has 2 aromatic rings. The molecule has 0 spiro atoms. The molecule has 2 atom stereocenters. The summed E-state index contributed by atoms with van der Waals surface area (Å²) >= 11 is 0. The lowest BCUT2D eigenvalue weighted by Gasteiger charge is -2.23. The van der Waals surface area contributed by atoms with Crippen molar-refractivity contribution in [2.45, 2.75) is 39.8 Å². The number of hydrogen-bond acceptors (Lipinski definition) is 4. The van der Waals surface area contributed by atoms with Gasteiger partial charge in [-0.3, -0.25) is 9.59 Å². The Kier molecular flexibility index (Phi) is 7.63. The number of carbonyl (C=O) groups excluding carboxylic acids is 3. The van der Waals surface area contributed by atoms with E-state index < -0.39 is 41.6 Å². The molecule has 8 heteroatoms. The minimum absolute atomic E-state index is 0.238. The Morgan fingerprint density at radius 1 is 1.00 bits per heavy atom. The first-order valence-electron chi connectivity index (χ1n) is 9.42. The summed E-state index contributed by atoms with van der Waals surface area (Å²) in [6, 6.07) is 8.58. The molecule has 0 saturated carbocycles. The summed E-state index contributed by atoms with van der Waals surface area (Å²) in [6.07, 6.45) is -1.26. The third-order valence-corrected chi connectivity index (χ3v) is 4.34. The number of amides is 2. The van der Waals surface area contributed by atoms with Crippen molar-refractivity contribution >= 4 is 23.5 Å². The standard InChI is InChI=1S/C22H24F2N2O4/c1-12(2)19(26-21(28)15-7-5-6-13(3)10-15)22(29)30-14(4)20(27)25-18-9-8-16(23)11-17(18)24/h5-12,14,19H,1-4H3,(H,25,27)(H,26,28)/t14?,19-/m0/s1. The highest BCUT2D eigenvalue weighted by atomic mass is 19.1. The normalized spacial score (nSPS) is 12.8. The maximum Gasteiger partial charge on any atom is 0.329 e. The van der Waals surface area contributed by atoms with Gasteiger partial charge < -0.3 is 15.4 Å². The van der Waals surface area contributed by atoms with Gasteiger partial charge in [-0.2, -0.15) is 0 Å². The SMILES string of the molecule is Cc1cccc(C(=O)N[C@H](C(=O)OC(C)C(=O)Nc2ccc(F)cc2F)C(C)C)c1. The van der Waals surface area contributed by atoms with Crippen molar-refractivity contribution in [2.75, 3.05) is 5.32 Å². The summed E-state index contributed by atoms with van der Waals surface area (Å²) in [7, 11) is 0. The van der Waals surface area contributed by atoms with Crippen LogP contribution in [0.1, 0.15) is 36.7 Å². The number of aryl methyl sites for hydroxylation is 1. The molecule has 0 heterocycles. The van der Waals surface area contributed by atoms with E-state index in [0.717, 1.165) is 17.7 Å². The van der Waals surface area contributed by atoms with E-state index in [4.69, 9.17) is 4.74 Å². The first-order chi connectivity index (χ1) is 14.1. The predicted molar refractivity (Wildman–Crippen MR) is 108 cm³/mol. The van der Waals surface area contributed by atoms with Gasteiger partial charge in [-0.25, -0.2) is 13.6 Å². The van der Waals surface area contributed by atoms with E-state index in [1.165, 1.54) is 6.92 Å². The number of anilines is 1. The minimum Gasteiger partial charge on any atom is -0.451 e. The number of hydrogen-bond donors (Lipinski definition) is 2. The maximum absolute atomic E-state index is 13.7. The highest BCUT2D eigenvalue weighted by Gasteiger charge is 2.29. The van der Waals surface area contributed by atoms with E-state index in [1.54, 1.807) is 32.0 Å². The zero-order valence-electron chi connectivity index (χ0n) is 17.2. The van der Waals surface area contributed by atoms with Crippen LogP contribution in [0.4, 0.5) is 14.5 Å². The van der Waals surface area contributed by atoms with Gasteiger partial charge in [0.15, 0.2) is 6.10 Å². The molecular weight excluding hydrogens is 394 g/mol. The van der Waals surface area contributed by atoms with Crippen LogP contribution in [-0.4, -0.2) is 29.9 Å². The van der Waals surface area contributed by atoms with Crippen LogP contribution in [-0.2, 0) is 14.3 Å². The third kappa shape index (κ3) is 6.10. The Hall–Kier alpha value is -3.29. The summed E-state index contributed by atoms with van der Waals surface area (Å²) in [5, 5.41) is 4.86. The lowest BCUT2D eigenvalue weighted by Crippen LogP contribution is -2.47. The maximum atomic E-state index is 13.7. The first kappa shape index (κ1) is 23.0. The van der Waals surface area contributed by atoms with Gasteiger partial charge in [0, 0.05) is 11.6 Å². The largest absolute Gasteiger partial charge is 0.451 e. The van der Waals surface area contributed by atoms with E-state index in [-0.39, 0.29) is 11.6 Å². The molecule has 0 aromatic heterocycles. The van der Waals surface area contributed by atoms with Crippen LogP contribution < -0.4 is 10.6 Å². The fraction of sp³-hybridized carbons (Fsp3) is 0.318.